The summed E-state index contributed by atoms with van der Waals surface area (Å²) in [5, 5.41) is 3.27. The Morgan fingerprint density at radius 2 is 1.10 bits per heavy atom. The molecule has 1 heteroatoms. The Labute approximate surface area is 119 Å². The first-order valence-corrected chi connectivity index (χ1v) is 6.82. The summed E-state index contributed by atoms with van der Waals surface area (Å²) in [5.41, 5.74) is 6.14. The molecule has 1 nitrogen and oxygen atoms in total. The van der Waals surface area contributed by atoms with Crippen LogP contribution in [0.4, 0.5) is 5.69 Å². The highest BCUT2D eigenvalue weighted by Gasteiger charge is 2.09. The molecule has 0 bridgehead atoms. The number of rotatable bonds is 3. The maximum atomic E-state index is 3.27. The largest absolute Gasteiger partial charge is 0.388 e. The van der Waals surface area contributed by atoms with Gasteiger partial charge in [0, 0.05) is 18.3 Å². The summed E-state index contributed by atoms with van der Waals surface area (Å²) < 4.78 is 0. The number of nitrogens with one attached hydrogen (secondary N) is 1. The van der Waals surface area contributed by atoms with Crippen LogP contribution in [-0.4, -0.2) is 7.05 Å². The van der Waals surface area contributed by atoms with Crippen LogP contribution < -0.4 is 5.32 Å². The van der Waals surface area contributed by atoms with Gasteiger partial charge >= 0.3 is 0 Å². The van der Waals surface area contributed by atoms with Crippen LogP contribution in [0.5, 0.6) is 0 Å². The highest BCUT2D eigenvalue weighted by molar-refractivity contribution is 5.89. The quantitative estimate of drug-likeness (QED) is 0.693. The molecule has 3 aromatic rings. The SMILES string of the molecule is CNc1ccccc1-c1ccccc1-c1ccccc1. The molecule has 0 saturated carbocycles. The van der Waals surface area contributed by atoms with Crippen LogP contribution in [0, 0.1) is 0 Å². The van der Waals surface area contributed by atoms with Crippen LogP contribution in [0.1, 0.15) is 0 Å². The molecule has 0 heterocycles. The molecule has 1 N–H and O–H groups in total. The van der Waals surface area contributed by atoms with Crippen molar-refractivity contribution in [1.29, 1.82) is 0 Å². The lowest BCUT2D eigenvalue weighted by Crippen LogP contribution is -1.93. The van der Waals surface area contributed by atoms with E-state index in [4.69, 9.17) is 0 Å². The monoisotopic (exact) mass is 259 g/mol. The first kappa shape index (κ1) is 12.5. The number of para-hydroxylation sites is 1. The number of benzene rings is 3. The molecule has 0 aliphatic carbocycles. The third-order valence-corrected chi connectivity index (χ3v) is 3.50. The average Bonchev–Trinajstić information content (AvgIpc) is 2.55. The van der Waals surface area contributed by atoms with Crippen molar-refractivity contribution < 1.29 is 0 Å². The Bertz CT molecular complexity index is 702. The van der Waals surface area contributed by atoms with Gasteiger partial charge in [-0.1, -0.05) is 72.8 Å². The predicted octanol–water partition coefficient (Wildman–Crippen LogP) is 5.06. The second kappa shape index (κ2) is 5.62. The van der Waals surface area contributed by atoms with Crippen LogP contribution in [0.15, 0.2) is 78.9 Å². The van der Waals surface area contributed by atoms with Crippen molar-refractivity contribution in [3.63, 3.8) is 0 Å². The van der Waals surface area contributed by atoms with E-state index in [1.54, 1.807) is 0 Å². The molecule has 0 aliphatic heterocycles. The molecule has 0 atom stereocenters. The lowest BCUT2D eigenvalue weighted by molar-refractivity contribution is 1.50. The third kappa shape index (κ3) is 2.30. The Balaban J connectivity index is 2.20. The third-order valence-electron chi connectivity index (χ3n) is 3.50. The second-order valence-electron chi connectivity index (χ2n) is 4.71. The van der Waals surface area contributed by atoms with E-state index in [0.29, 0.717) is 0 Å². The summed E-state index contributed by atoms with van der Waals surface area (Å²) in [6.45, 7) is 0. The topological polar surface area (TPSA) is 12.0 Å². The maximum absolute atomic E-state index is 3.27. The average molecular weight is 259 g/mol. The van der Waals surface area contributed by atoms with Gasteiger partial charge in [0.05, 0.1) is 0 Å². The van der Waals surface area contributed by atoms with Gasteiger partial charge in [-0.3, -0.25) is 0 Å². The lowest BCUT2D eigenvalue weighted by atomic mass is 9.94. The molecule has 0 spiro atoms. The summed E-state index contributed by atoms with van der Waals surface area (Å²) in [7, 11) is 1.96. The van der Waals surface area contributed by atoms with Crippen LogP contribution in [0.2, 0.25) is 0 Å². The van der Waals surface area contributed by atoms with Crippen molar-refractivity contribution in [1.82, 2.24) is 0 Å². The molecule has 0 unspecified atom stereocenters. The van der Waals surface area contributed by atoms with E-state index in [9.17, 15) is 0 Å². The smallest absolute Gasteiger partial charge is 0.0417 e. The van der Waals surface area contributed by atoms with E-state index in [2.05, 4.69) is 78.1 Å². The van der Waals surface area contributed by atoms with Gasteiger partial charge in [-0.2, -0.15) is 0 Å². The van der Waals surface area contributed by atoms with Crippen molar-refractivity contribution in [2.24, 2.45) is 0 Å². The van der Waals surface area contributed by atoms with Crippen molar-refractivity contribution >= 4 is 5.69 Å². The van der Waals surface area contributed by atoms with Crippen molar-refractivity contribution in [3.8, 4) is 22.3 Å². The number of hydrogen-bond acceptors (Lipinski definition) is 1. The molecular weight excluding hydrogens is 242 g/mol. The van der Waals surface area contributed by atoms with Crippen LogP contribution >= 0.6 is 0 Å². The van der Waals surface area contributed by atoms with Crippen LogP contribution in [0.25, 0.3) is 22.3 Å². The molecule has 3 rings (SSSR count). The van der Waals surface area contributed by atoms with Gasteiger partial charge in [0.1, 0.15) is 0 Å². The minimum absolute atomic E-state index is 1.15. The minimum Gasteiger partial charge on any atom is -0.388 e. The first-order valence-electron chi connectivity index (χ1n) is 6.82. The summed E-state index contributed by atoms with van der Waals surface area (Å²) >= 11 is 0. The lowest BCUT2D eigenvalue weighted by Gasteiger charge is -2.13. The molecule has 0 radical (unpaired) electrons. The molecule has 0 amide bonds. The molecule has 20 heavy (non-hydrogen) atoms. The van der Waals surface area contributed by atoms with E-state index in [1.807, 2.05) is 13.1 Å². The van der Waals surface area contributed by atoms with Crippen molar-refractivity contribution in [3.05, 3.63) is 78.9 Å². The van der Waals surface area contributed by atoms with Gasteiger partial charge in [-0.05, 0) is 22.8 Å². The fraction of sp³-hybridized carbons (Fsp3) is 0.0526. The van der Waals surface area contributed by atoms with Gasteiger partial charge < -0.3 is 5.32 Å². The highest BCUT2D eigenvalue weighted by Crippen LogP contribution is 2.35. The van der Waals surface area contributed by atoms with E-state index >= 15 is 0 Å². The van der Waals surface area contributed by atoms with Gasteiger partial charge in [-0.25, -0.2) is 0 Å². The summed E-state index contributed by atoms with van der Waals surface area (Å²) in [6.07, 6.45) is 0. The zero-order chi connectivity index (χ0) is 13.8. The Kier molecular flexibility index (Phi) is 3.51. The first-order chi connectivity index (χ1) is 9.90. The van der Waals surface area contributed by atoms with Gasteiger partial charge in [0.15, 0.2) is 0 Å². The van der Waals surface area contributed by atoms with Crippen molar-refractivity contribution in [2.45, 2.75) is 0 Å². The second-order valence-corrected chi connectivity index (χ2v) is 4.71. The van der Waals surface area contributed by atoms with Crippen LogP contribution in [-0.2, 0) is 0 Å². The molecule has 0 saturated heterocycles. The standard InChI is InChI=1S/C19H17N/c1-20-19-14-8-7-13-18(19)17-12-6-5-11-16(17)15-9-3-2-4-10-15/h2-14,20H,1H3. The van der Waals surface area contributed by atoms with E-state index in [-0.39, 0.29) is 0 Å². The zero-order valence-electron chi connectivity index (χ0n) is 11.5. The zero-order valence-corrected chi connectivity index (χ0v) is 11.5. The van der Waals surface area contributed by atoms with Crippen molar-refractivity contribution in [2.75, 3.05) is 12.4 Å². The Morgan fingerprint density at radius 3 is 1.80 bits per heavy atom. The molecule has 3 aromatic carbocycles. The minimum atomic E-state index is 1.15. The van der Waals surface area contributed by atoms with E-state index < -0.39 is 0 Å². The number of anilines is 1. The summed E-state index contributed by atoms with van der Waals surface area (Å²) in [4.78, 5) is 0. The fourth-order valence-electron chi connectivity index (χ4n) is 2.52. The normalized spacial score (nSPS) is 10.2. The highest BCUT2D eigenvalue weighted by atomic mass is 14.8. The molecule has 0 aromatic heterocycles. The molecule has 98 valence electrons. The fourth-order valence-corrected chi connectivity index (χ4v) is 2.52. The number of hydrogen-bond donors (Lipinski definition) is 1. The van der Waals surface area contributed by atoms with Gasteiger partial charge in [0.2, 0.25) is 0 Å². The maximum Gasteiger partial charge on any atom is 0.0417 e. The van der Waals surface area contributed by atoms with Gasteiger partial charge in [0.25, 0.3) is 0 Å². The molecular formula is C19H17N. The molecule has 0 aliphatic rings. The van der Waals surface area contributed by atoms with Gasteiger partial charge in [-0.15, -0.1) is 0 Å². The van der Waals surface area contributed by atoms with E-state index in [1.165, 1.54) is 22.3 Å². The summed E-state index contributed by atoms with van der Waals surface area (Å²) in [5.74, 6) is 0. The Hall–Kier alpha value is -2.54. The molecule has 0 fully saturated rings. The predicted molar refractivity (Wildman–Crippen MR) is 86.9 cm³/mol. The van der Waals surface area contributed by atoms with Crippen LogP contribution in [0.3, 0.4) is 0 Å². The summed E-state index contributed by atoms with van der Waals surface area (Å²) in [6, 6.07) is 27.5. The Morgan fingerprint density at radius 1 is 0.550 bits per heavy atom. The van der Waals surface area contributed by atoms with E-state index in [0.717, 1.165) is 5.69 Å².